The fraction of sp³-hybridized carbons (Fsp3) is 0.292. The molecule has 1 aromatic heterocycles. The van der Waals surface area contributed by atoms with Crippen molar-refractivity contribution in [3.8, 4) is 11.5 Å². The molecule has 1 unspecified atom stereocenters. The molecular weight excluding hydrogens is 426 g/mol. The van der Waals surface area contributed by atoms with Crippen LogP contribution in [-0.2, 0) is 10.5 Å². The second-order valence-corrected chi connectivity index (χ2v) is 8.75. The van der Waals surface area contributed by atoms with Crippen molar-refractivity contribution >= 4 is 23.5 Å². The van der Waals surface area contributed by atoms with E-state index in [1.54, 1.807) is 7.11 Å². The minimum absolute atomic E-state index is 0.00483. The maximum Gasteiger partial charge on any atom is 0.257 e. The summed E-state index contributed by atoms with van der Waals surface area (Å²) in [6.07, 6.45) is 0.150. The molecule has 1 atom stereocenters. The summed E-state index contributed by atoms with van der Waals surface area (Å²) in [5.74, 6) is 1.54. The molecule has 4 rings (SSSR count). The first-order valence-corrected chi connectivity index (χ1v) is 11.4. The third kappa shape index (κ3) is 4.80. The lowest BCUT2D eigenvalue weighted by Gasteiger charge is -2.25. The van der Waals surface area contributed by atoms with Gasteiger partial charge in [-0.05, 0) is 37.1 Å². The highest BCUT2D eigenvalue weighted by Gasteiger charge is 2.31. The van der Waals surface area contributed by atoms with Crippen molar-refractivity contribution in [1.29, 1.82) is 0 Å². The van der Waals surface area contributed by atoms with Gasteiger partial charge in [0.05, 0.1) is 18.8 Å². The van der Waals surface area contributed by atoms with Crippen molar-refractivity contribution in [2.45, 2.75) is 43.2 Å². The number of carbonyl (C=O) groups excluding carboxylic acids is 1. The van der Waals surface area contributed by atoms with Gasteiger partial charge < -0.3 is 19.8 Å². The van der Waals surface area contributed by atoms with E-state index in [2.05, 4.69) is 15.3 Å². The van der Waals surface area contributed by atoms with Crippen LogP contribution >= 0.6 is 11.8 Å². The summed E-state index contributed by atoms with van der Waals surface area (Å²) in [6, 6.07) is 15.4. The Hall–Kier alpha value is -3.26. The molecular formula is C24H25N3O4S. The van der Waals surface area contributed by atoms with Crippen LogP contribution in [0.4, 0.5) is 5.82 Å². The van der Waals surface area contributed by atoms with Crippen LogP contribution in [0.15, 0.2) is 58.5 Å². The van der Waals surface area contributed by atoms with E-state index in [0.717, 1.165) is 11.1 Å². The number of amides is 1. The van der Waals surface area contributed by atoms with Crippen LogP contribution in [0.3, 0.4) is 0 Å². The molecule has 0 aliphatic carbocycles. The lowest BCUT2D eigenvalue weighted by molar-refractivity contribution is -0.116. The van der Waals surface area contributed by atoms with Gasteiger partial charge in [0.25, 0.3) is 5.56 Å². The molecule has 0 fully saturated rings. The van der Waals surface area contributed by atoms with E-state index in [1.807, 2.05) is 62.4 Å². The van der Waals surface area contributed by atoms with E-state index in [-0.39, 0.29) is 24.0 Å². The average molecular weight is 452 g/mol. The number of hydrogen-bond acceptors (Lipinski definition) is 6. The zero-order valence-electron chi connectivity index (χ0n) is 18.2. The topological polar surface area (TPSA) is 93.3 Å². The molecule has 0 saturated heterocycles. The Bertz CT molecular complexity index is 1180. The molecule has 0 spiro atoms. The Morgan fingerprint density at radius 1 is 1.12 bits per heavy atom. The Morgan fingerprint density at radius 2 is 1.91 bits per heavy atom. The lowest BCUT2D eigenvalue weighted by atomic mass is 9.86. The van der Waals surface area contributed by atoms with Crippen LogP contribution in [0.1, 0.15) is 42.9 Å². The molecule has 8 heteroatoms. The van der Waals surface area contributed by atoms with Gasteiger partial charge in [-0.1, -0.05) is 48.2 Å². The SMILES string of the molecule is COc1cc(C2CC(=O)Nc3nc(SCc4ccccc4)[nH]c(=O)c32)ccc1OC(C)C. The fourth-order valence-corrected chi connectivity index (χ4v) is 4.50. The van der Waals surface area contributed by atoms with Crippen LogP contribution in [0.5, 0.6) is 11.5 Å². The van der Waals surface area contributed by atoms with Gasteiger partial charge in [0, 0.05) is 18.1 Å². The number of benzene rings is 2. The van der Waals surface area contributed by atoms with Crippen LogP contribution < -0.4 is 20.3 Å². The van der Waals surface area contributed by atoms with Gasteiger partial charge in [0.1, 0.15) is 5.82 Å². The summed E-state index contributed by atoms with van der Waals surface area (Å²) in [4.78, 5) is 32.9. The number of rotatable bonds is 7. The molecule has 32 heavy (non-hydrogen) atoms. The number of anilines is 1. The predicted molar refractivity (Wildman–Crippen MR) is 125 cm³/mol. The Labute approximate surface area is 190 Å². The summed E-state index contributed by atoms with van der Waals surface area (Å²) < 4.78 is 11.3. The van der Waals surface area contributed by atoms with Crippen molar-refractivity contribution in [1.82, 2.24) is 9.97 Å². The summed E-state index contributed by atoms with van der Waals surface area (Å²) in [7, 11) is 1.57. The van der Waals surface area contributed by atoms with Crippen LogP contribution in [-0.4, -0.2) is 29.1 Å². The number of carbonyl (C=O) groups is 1. The fourth-order valence-electron chi connectivity index (χ4n) is 3.68. The Balaban J connectivity index is 1.66. The summed E-state index contributed by atoms with van der Waals surface area (Å²) in [5.41, 5.74) is 2.12. The maximum atomic E-state index is 13.0. The molecule has 7 nitrogen and oxygen atoms in total. The molecule has 1 amide bonds. The molecule has 0 radical (unpaired) electrons. The zero-order chi connectivity index (χ0) is 22.7. The maximum absolute atomic E-state index is 13.0. The number of hydrogen-bond donors (Lipinski definition) is 2. The lowest BCUT2D eigenvalue weighted by Crippen LogP contribution is -2.31. The first-order valence-electron chi connectivity index (χ1n) is 10.4. The van der Waals surface area contributed by atoms with Crippen molar-refractivity contribution in [3.05, 3.63) is 75.6 Å². The first-order chi connectivity index (χ1) is 15.4. The number of thioether (sulfide) groups is 1. The summed E-state index contributed by atoms with van der Waals surface area (Å²) in [6.45, 7) is 3.88. The van der Waals surface area contributed by atoms with Crippen molar-refractivity contribution in [2.75, 3.05) is 12.4 Å². The van der Waals surface area contributed by atoms with Gasteiger partial charge in [0.2, 0.25) is 5.91 Å². The number of aromatic amines is 1. The smallest absolute Gasteiger partial charge is 0.257 e. The third-order valence-corrected chi connectivity index (χ3v) is 6.04. The number of aromatic nitrogens is 2. The minimum Gasteiger partial charge on any atom is -0.493 e. The van der Waals surface area contributed by atoms with Crippen molar-refractivity contribution < 1.29 is 14.3 Å². The van der Waals surface area contributed by atoms with Crippen molar-refractivity contribution in [3.63, 3.8) is 0 Å². The van der Waals surface area contributed by atoms with E-state index in [0.29, 0.717) is 33.8 Å². The van der Waals surface area contributed by atoms with Gasteiger partial charge >= 0.3 is 0 Å². The molecule has 0 bridgehead atoms. The molecule has 0 saturated carbocycles. The van der Waals surface area contributed by atoms with E-state index in [9.17, 15) is 9.59 Å². The number of fused-ring (bicyclic) bond motifs is 1. The number of ether oxygens (including phenoxy) is 2. The molecule has 1 aliphatic heterocycles. The normalized spacial score (nSPS) is 15.2. The summed E-state index contributed by atoms with van der Waals surface area (Å²) in [5, 5.41) is 3.24. The van der Waals surface area contributed by atoms with E-state index in [4.69, 9.17) is 9.47 Å². The second kappa shape index (κ2) is 9.48. The van der Waals surface area contributed by atoms with Crippen molar-refractivity contribution in [2.24, 2.45) is 0 Å². The first kappa shape index (κ1) is 22.0. The Kier molecular flexibility index (Phi) is 6.50. The number of nitrogens with zero attached hydrogens (tertiary/aromatic N) is 1. The van der Waals surface area contributed by atoms with Crippen LogP contribution in [0.25, 0.3) is 0 Å². The third-order valence-electron chi connectivity index (χ3n) is 5.10. The molecule has 3 aromatic rings. The second-order valence-electron chi connectivity index (χ2n) is 7.79. The van der Waals surface area contributed by atoms with Crippen LogP contribution in [0, 0.1) is 0 Å². The molecule has 2 N–H and O–H groups in total. The quantitative estimate of drug-likeness (QED) is 0.410. The van der Waals surface area contributed by atoms with E-state index in [1.165, 1.54) is 11.8 Å². The van der Waals surface area contributed by atoms with E-state index >= 15 is 0 Å². The van der Waals surface area contributed by atoms with Crippen LogP contribution in [0.2, 0.25) is 0 Å². The molecule has 1 aliphatic rings. The van der Waals surface area contributed by atoms with E-state index < -0.39 is 5.92 Å². The standard InChI is InChI=1S/C24H25N3O4S/c1-14(2)31-18-10-9-16(11-19(18)30-3)17-12-20(28)25-22-21(17)23(29)27-24(26-22)32-13-15-7-5-4-6-8-15/h4-11,14,17H,12-13H2,1-3H3,(H2,25,26,27,28,29). The van der Waals surface area contributed by atoms with Gasteiger partial charge in [-0.3, -0.25) is 9.59 Å². The number of methoxy groups -OCH3 is 1. The highest BCUT2D eigenvalue weighted by molar-refractivity contribution is 7.98. The summed E-state index contributed by atoms with van der Waals surface area (Å²) >= 11 is 1.42. The predicted octanol–water partition coefficient (Wildman–Crippen LogP) is 4.33. The largest absolute Gasteiger partial charge is 0.493 e. The van der Waals surface area contributed by atoms with Gasteiger partial charge in [-0.25, -0.2) is 4.98 Å². The van der Waals surface area contributed by atoms with Gasteiger partial charge in [-0.2, -0.15) is 0 Å². The molecule has 166 valence electrons. The number of nitrogens with one attached hydrogen (secondary N) is 2. The number of H-pyrrole nitrogens is 1. The van der Waals surface area contributed by atoms with Gasteiger partial charge in [-0.15, -0.1) is 0 Å². The zero-order valence-corrected chi connectivity index (χ0v) is 19.0. The molecule has 2 heterocycles. The highest BCUT2D eigenvalue weighted by Crippen LogP contribution is 2.38. The molecule has 2 aromatic carbocycles. The Morgan fingerprint density at radius 3 is 2.62 bits per heavy atom. The van der Waals surface area contributed by atoms with Gasteiger partial charge in [0.15, 0.2) is 16.7 Å². The highest BCUT2D eigenvalue weighted by atomic mass is 32.2. The monoisotopic (exact) mass is 451 g/mol. The average Bonchev–Trinajstić information content (AvgIpc) is 2.77. The minimum atomic E-state index is -0.426.